The number of nitrogens with zero attached hydrogens (tertiary/aromatic N) is 3. The number of anilines is 2. The van der Waals surface area contributed by atoms with E-state index in [1.807, 2.05) is 0 Å². The summed E-state index contributed by atoms with van der Waals surface area (Å²) in [5.41, 5.74) is 5.74. The first-order valence-corrected chi connectivity index (χ1v) is 6.14. The van der Waals surface area contributed by atoms with E-state index in [1.54, 1.807) is 0 Å². The number of morpholine rings is 1. The summed E-state index contributed by atoms with van der Waals surface area (Å²) in [6, 6.07) is 0. The van der Waals surface area contributed by atoms with E-state index >= 15 is 0 Å². The first-order valence-electron chi connectivity index (χ1n) is 5.35. The molecular weight excluding hydrogens is 272 g/mol. The van der Waals surface area contributed by atoms with Gasteiger partial charge in [0.15, 0.2) is 0 Å². The molecule has 1 aromatic heterocycles. The summed E-state index contributed by atoms with van der Waals surface area (Å²) in [5, 5.41) is 0. The molecule has 0 amide bonds. The van der Waals surface area contributed by atoms with Gasteiger partial charge in [-0.2, -0.15) is 0 Å². The maximum absolute atomic E-state index is 5.74. The third kappa shape index (κ3) is 2.27. The average Bonchev–Trinajstić information content (AvgIpc) is 2.33. The summed E-state index contributed by atoms with van der Waals surface area (Å²) in [7, 11) is 0. The zero-order chi connectivity index (χ0) is 11.5. The summed E-state index contributed by atoms with van der Waals surface area (Å²) in [6.45, 7) is 4.55. The van der Waals surface area contributed by atoms with Crippen LogP contribution < -0.4 is 10.6 Å². The number of ether oxygens (including phenoxy) is 1. The topological polar surface area (TPSA) is 64.3 Å². The fourth-order valence-corrected chi connectivity index (χ4v) is 2.21. The Morgan fingerprint density at radius 2 is 2.44 bits per heavy atom. The van der Waals surface area contributed by atoms with E-state index < -0.39 is 0 Å². The van der Waals surface area contributed by atoms with E-state index in [0.717, 1.165) is 36.4 Å². The van der Waals surface area contributed by atoms with Gasteiger partial charge >= 0.3 is 0 Å². The van der Waals surface area contributed by atoms with Gasteiger partial charge in [0.2, 0.25) is 0 Å². The van der Waals surface area contributed by atoms with E-state index in [4.69, 9.17) is 10.5 Å². The van der Waals surface area contributed by atoms with Crippen LogP contribution in [0.4, 0.5) is 11.6 Å². The van der Waals surface area contributed by atoms with E-state index in [9.17, 15) is 0 Å². The van der Waals surface area contributed by atoms with Gasteiger partial charge in [-0.25, -0.2) is 9.97 Å². The lowest BCUT2D eigenvalue weighted by molar-refractivity contribution is 0.0381. The highest BCUT2D eigenvalue weighted by Gasteiger charge is 2.22. The zero-order valence-electron chi connectivity index (χ0n) is 9.19. The van der Waals surface area contributed by atoms with Crippen LogP contribution >= 0.6 is 15.9 Å². The van der Waals surface area contributed by atoms with Crippen molar-refractivity contribution < 1.29 is 4.74 Å². The second kappa shape index (κ2) is 4.97. The minimum Gasteiger partial charge on any atom is -0.383 e. The van der Waals surface area contributed by atoms with Crippen molar-refractivity contribution in [3.05, 3.63) is 10.8 Å². The second-order valence-electron chi connectivity index (χ2n) is 3.74. The van der Waals surface area contributed by atoms with Gasteiger partial charge in [0, 0.05) is 13.1 Å². The van der Waals surface area contributed by atoms with Gasteiger partial charge in [0.25, 0.3) is 0 Å². The Kier molecular flexibility index (Phi) is 3.60. The van der Waals surface area contributed by atoms with Crippen molar-refractivity contribution in [2.24, 2.45) is 0 Å². The van der Waals surface area contributed by atoms with Crippen molar-refractivity contribution in [2.75, 3.05) is 30.3 Å². The van der Waals surface area contributed by atoms with Crippen LogP contribution in [0.5, 0.6) is 0 Å². The molecular formula is C10H15BrN4O. The lowest BCUT2D eigenvalue weighted by atomic mass is 10.2. The van der Waals surface area contributed by atoms with E-state index in [0.29, 0.717) is 5.82 Å². The number of halogens is 1. The van der Waals surface area contributed by atoms with Crippen LogP contribution in [0.2, 0.25) is 0 Å². The molecule has 0 aromatic carbocycles. The Morgan fingerprint density at radius 3 is 3.19 bits per heavy atom. The Morgan fingerprint density at radius 1 is 1.62 bits per heavy atom. The lowest BCUT2D eigenvalue weighted by Crippen LogP contribution is -2.42. The molecule has 1 atom stereocenters. The summed E-state index contributed by atoms with van der Waals surface area (Å²) in [4.78, 5) is 10.4. The fourth-order valence-electron chi connectivity index (χ4n) is 1.75. The largest absolute Gasteiger partial charge is 0.383 e. The van der Waals surface area contributed by atoms with E-state index in [-0.39, 0.29) is 6.10 Å². The van der Waals surface area contributed by atoms with Crippen molar-refractivity contribution >= 4 is 27.6 Å². The van der Waals surface area contributed by atoms with Gasteiger partial charge in [-0.3, -0.25) is 0 Å². The van der Waals surface area contributed by atoms with Gasteiger partial charge in [-0.05, 0) is 22.4 Å². The molecule has 2 heterocycles. The number of aromatic nitrogens is 2. The molecule has 5 nitrogen and oxygen atoms in total. The fraction of sp³-hybridized carbons (Fsp3) is 0.600. The maximum atomic E-state index is 5.74. The van der Waals surface area contributed by atoms with Crippen LogP contribution in [0.15, 0.2) is 10.8 Å². The number of rotatable bonds is 2. The molecule has 1 unspecified atom stereocenters. The number of hydrogen-bond donors (Lipinski definition) is 1. The Hall–Kier alpha value is -0.880. The first kappa shape index (κ1) is 11.6. The molecule has 1 aliphatic heterocycles. The minimum atomic E-state index is 0.275. The smallest absolute Gasteiger partial charge is 0.148 e. The van der Waals surface area contributed by atoms with Gasteiger partial charge in [0.05, 0.1) is 12.7 Å². The molecule has 1 saturated heterocycles. The maximum Gasteiger partial charge on any atom is 0.148 e. The summed E-state index contributed by atoms with van der Waals surface area (Å²) in [6.07, 6.45) is 2.78. The van der Waals surface area contributed by atoms with Crippen LogP contribution in [0.25, 0.3) is 0 Å². The van der Waals surface area contributed by atoms with Gasteiger partial charge < -0.3 is 15.4 Å². The highest BCUT2D eigenvalue weighted by Crippen LogP contribution is 2.28. The molecule has 0 radical (unpaired) electrons. The molecule has 0 saturated carbocycles. The quantitative estimate of drug-likeness (QED) is 0.891. The molecule has 88 valence electrons. The molecule has 16 heavy (non-hydrogen) atoms. The summed E-state index contributed by atoms with van der Waals surface area (Å²) < 4.78 is 6.39. The molecule has 1 fully saturated rings. The molecule has 1 aliphatic rings. The normalized spacial score (nSPS) is 21.1. The van der Waals surface area contributed by atoms with Crippen LogP contribution in [0.1, 0.15) is 13.3 Å². The molecule has 2 rings (SSSR count). The van der Waals surface area contributed by atoms with E-state index in [2.05, 4.69) is 37.7 Å². The van der Waals surface area contributed by atoms with Crippen molar-refractivity contribution in [3.63, 3.8) is 0 Å². The highest BCUT2D eigenvalue weighted by atomic mass is 79.9. The highest BCUT2D eigenvalue weighted by molar-refractivity contribution is 9.10. The van der Waals surface area contributed by atoms with Crippen molar-refractivity contribution in [2.45, 2.75) is 19.4 Å². The SMILES string of the molecule is CCC1CN(c2ncnc(N)c2Br)CCO1. The predicted octanol–water partition coefficient (Wildman–Crippen LogP) is 1.44. The molecule has 0 spiro atoms. The average molecular weight is 287 g/mol. The standard InChI is InChI=1S/C10H15BrN4O/c1-2-7-5-15(3-4-16-7)10-8(11)9(12)13-6-14-10/h6-7H,2-5H2,1H3,(H2,12,13,14). The Balaban J connectivity index is 2.20. The summed E-state index contributed by atoms with van der Waals surface area (Å²) >= 11 is 3.43. The molecule has 1 aromatic rings. The van der Waals surface area contributed by atoms with Gasteiger partial charge in [0.1, 0.15) is 22.4 Å². The molecule has 0 bridgehead atoms. The third-order valence-electron chi connectivity index (χ3n) is 2.69. The second-order valence-corrected chi connectivity index (χ2v) is 4.54. The Labute approximate surface area is 103 Å². The van der Waals surface area contributed by atoms with Crippen LogP contribution in [0, 0.1) is 0 Å². The van der Waals surface area contributed by atoms with Crippen LogP contribution in [-0.4, -0.2) is 35.8 Å². The minimum absolute atomic E-state index is 0.275. The number of nitrogens with two attached hydrogens (primary N) is 1. The first-order chi connectivity index (χ1) is 7.72. The van der Waals surface area contributed by atoms with Gasteiger partial charge in [-0.15, -0.1) is 0 Å². The van der Waals surface area contributed by atoms with Crippen molar-refractivity contribution in [1.29, 1.82) is 0 Å². The number of nitrogen functional groups attached to an aromatic ring is 1. The van der Waals surface area contributed by atoms with E-state index in [1.165, 1.54) is 6.33 Å². The van der Waals surface area contributed by atoms with Crippen molar-refractivity contribution in [1.82, 2.24) is 9.97 Å². The predicted molar refractivity (Wildman–Crippen MR) is 66.4 cm³/mol. The molecule has 2 N–H and O–H groups in total. The monoisotopic (exact) mass is 286 g/mol. The van der Waals surface area contributed by atoms with Crippen molar-refractivity contribution in [3.8, 4) is 0 Å². The number of hydrogen-bond acceptors (Lipinski definition) is 5. The van der Waals surface area contributed by atoms with Gasteiger partial charge in [-0.1, -0.05) is 6.92 Å². The van der Waals surface area contributed by atoms with Crippen LogP contribution in [-0.2, 0) is 4.74 Å². The molecule has 0 aliphatic carbocycles. The Bertz CT molecular complexity index is 374. The third-order valence-corrected chi connectivity index (χ3v) is 3.45. The zero-order valence-corrected chi connectivity index (χ0v) is 10.8. The molecule has 6 heteroatoms. The lowest BCUT2D eigenvalue weighted by Gasteiger charge is -2.33. The van der Waals surface area contributed by atoms with Crippen LogP contribution in [0.3, 0.4) is 0 Å². The summed E-state index contributed by atoms with van der Waals surface area (Å²) in [5.74, 6) is 1.33.